The van der Waals surface area contributed by atoms with Crippen LogP contribution in [0.15, 0.2) is 54.6 Å². The fraction of sp³-hybridized carbons (Fsp3) is 0.250. The number of nitrogens with one attached hydrogen (secondary N) is 1. The lowest BCUT2D eigenvalue weighted by Gasteiger charge is -2.20. The summed E-state index contributed by atoms with van der Waals surface area (Å²) >= 11 is 0. The van der Waals surface area contributed by atoms with Crippen LogP contribution in [0.1, 0.15) is 15.9 Å². The van der Waals surface area contributed by atoms with Gasteiger partial charge in [-0.25, -0.2) is 4.79 Å². The van der Waals surface area contributed by atoms with Crippen LogP contribution in [-0.4, -0.2) is 45.1 Å². The zero-order valence-electron chi connectivity index (χ0n) is 15.3. The largest absolute Gasteiger partial charge is 0.465 e. The maximum Gasteiger partial charge on any atom is 0.339 e. The van der Waals surface area contributed by atoms with Gasteiger partial charge in [0.2, 0.25) is 5.91 Å². The number of rotatable bonds is 8. The molecule has 0 radical (unpaired) electrons. The standard InChI is InChI=1S/C20H22N2O5/c1-22(17-11-7-6-10-16(17)20(25)26-2)18(23)12-21-13-19(24)27-14-15-8-4-3-5-9-15/h3-11,21H,12-14H2,1-2H3. The van der Waals surface area contributed by atoms with Crippen molar-refractivity contribution in [3.05, 3.63) is 65.7 Å². The molecule has 2 rings (SSSR count). The van der Waals surface area contributed by atoms with Gasteiger partial charge in [0, 0.05) is 7.05 Å². The number of esters is 2. The Bertz CT molecular complexity index is 792. The summed E-state index contributed by atoms with van der Waals surface area (Å²) in [6.45, 7) is 0.0131. The number of likely N-dealkylation sites (N-methyl/N-ethyl adjacent to an activating group) is 1. The molecule has 0 fully saturated rings. The Hall–Kier alpha value is -3.19. The van der Waals surface area contributed by atoms with Crippen molar-refractivity contribution in [2.24, 2.45) is 0 Å². The van der Waals surface area contributed by atoms with Gasteiger partial charge in [0.1, 0.15) is 6.61 Å². The molecular formula is C20H22N2O5. The molecular weight excluding hydrogens is 348 g/mol. The van der Waals surface area contributed by atoms with Crippen molar-refractivity contribution < 1.29 is 23.9 Å². The number of ether oxygens (including phenoxy) is 2. The normalized spacial score (nSPS) is 10.1. The van der Waals surface area contributed by atoms with E-state index in [-0.39, 0.29) is 31.2 Å². The van der Waals surface area contributed by atoms with Crippen LogP contribution < -0.4 is 10.2 Å². The third-order valence-corrected chi connectivity index (χ3v) is 3.83. The number of nitrogens with zero attached hydrogens (tertiary/aromatic N) is 1. The van der Waals surface area contributed by atoms with E-state index in [9.17, 15) is 14.4 Å². The van der Waals surface area contributed by atoms with E-state index in [1.165, 1.54) is 12.0 Å². The van der Waals surface area contributed by atoms with Crippen LogP contribution in [0.5, 0.6) is 0 Å². The van der Waals surface area contributed by atoms with Crippen LogP contribution in [-0.2, 0) is 25.7 Å². The molecule has 0 aromatic heterocycles. The molecule has 27 heavy (non-hydrogen) atoms. The number of carbonyl (C=O) groups is 3. The highest BCUT2D eigenvalue weighted by atomic mass is 16.5. The van der Waals surface area contributed by atoms with Crippen molar-refractivity contribution >= 4 is 23.5 Å². The van der Waals surface area contributed by atoms with Gasteiger partial charge in [-0.3, -0.25) is 14.9 Å². The number of hydrogen-bond acceptors (Lipinski definition) is 6. The molecule has 7 heteroatoms. The Kier molecular flexibility index (Phi) is 7.51. The molecule has 0 heterocycles. The number of carbonyl (C=O) groups excluding carboxylic acids is 3. The van der Waals surface area contributed by atoms with Crippen molar-refractivity contribution in [1.29, 1.82) is 0 Å². The molecule has 142 valence electrons. The Morgan fingerprint density at radius 2 is 1.63 bits per heavy atom. The summed E-state index contributed by atoms with van der Waals surface area (Å²) in [5.74, 6) is -1.28. The lowest BCUT2D eigenvalue weighted by Crippen LogP contribution is -2.38. The number of para-hydroxylation sites is 1. The van der Waals surface area contributed by atoms with Crippen molar-refractivity contribution in [2.75, 3.05) is 32.1 Å². The quantitative estimate of drug-likeness (QED) is 0.713. The van der Waals surface area contributed by atoms with Gasteiger partial charge in [-0.15, -0.1) is 0 Å². The number of amides is 1. The summed E-state index contributed by atoms with van der Waals surface area (Å²) in [4.78, 5) is 37.2. The summed E-state index contributed by atoms with van der Waals surface area (Å²) in [6.07, 6.45) is 0. The second-order valence-corrected chi connectivity index (χ2v) is 5.71. The zero-order valence-corrected chi connectivity index (χ0v) is 15.3. The molecule has 1 N–H and O–H groups in total. The number of hydrogen-bond donors (Lipinski definition) is 1. The van der Waals surface area contributed by atoms with Crippen molar-refractivity contribution in [2.45, 2.75) is 6.61 Å². The molecule has 0 aliphatic heterocycles. The lowest BCUT2D eigenvalue weighted by molar-refractivity contribution is -0.143. The highest BCUT2D eigenvalue weighted by Crippen LogP contribution is 2.20. The van der Waals surface area contributed by atoms with E-state index in [0.29, 0.717) is 5.69 Å². The molecule has 0 saturated heterocycles. The maximum absolute atomic E-state index is 12.3. The van der Waals surface area contributed by atoms with E-state index in [4.69, 9.17) is 9.47 Å². The first-order valence-electron chi connectivity index (χ1n) is 8.37. The summed E-state index contributed by atoms with van der Waals surface area (Å²) in [6, 6.07) is 16.0. The van der Waals surface area contributed by atoms with E-state index >= 15 is 0 Å². The zero-order chi connectivity index (χ0) is 19.6. The van der Waals surface area contributed by atoms with E-state index in [0.717, 1.165) is 5.56 Å². The van der Waals surface area contributed by atoms with Gasteiger partial charge in [-0.2, -0.15) is 0 Å². The highest BCUT2D eigenvalue weighted by molar-refractivity contribution is 6.02. The molecule has 0 bridgehead atoms. The topological polar surface area (TPSA) is 84.9 Å². The minimum absolute atomic E-state index is 0.0769. The van der Waals surface area contributed by atoms with Crippen LogP contribution in [0.2, 0.25) is 0 Å². The molecule has 2 aromatic rings. The van der Waals surface area contributed by atoms with Gasteiger partial charge in [-0.1, -0.05) is 42.5 Å². The molecule has 0 aliphatic carbocycles. The maximum atomic E-state index is 12.3. The van der Waals surface area contributed by atoms with Crippen LogP contribution in [0.25, 0.3) is 0 Å². The van der Waals surface area contributed by atoms with Crippen LogP contribution in [0, 0.1) is 0 Å². The third-order valence-electron chi connectivity index (χ3n) is 3.83. The molecule has 2 aromatic carbocycles. The van der Waals surface area contributed by atoms with E-state index in [2.05, 4.69) is 5.32 Å². The number of methoxy groups -OCH3 is 1. The molecule has 0 saturated carbocycles. The van der Waals surface area contributed by atoms with Gasteiger partial charge in [0.05, 0.1) is 31.5 Å². The Morgan fingerprint density at radius 3 is 2.33 bits per heavy atom. The smallest absolute Gasteiger partial charge is 0.339 e. The average Bonchev–Trinajstić information content (AvgIpc) is 2.71. The highest BCUT2D eigenvalue weighted by Gasteiger charge is 2.18. The van der Waals surface area contributed by atoms with Crippen molar-refractivity contribution in [3.63, 3.8) is 0 Å². The van der Waals surface area contributed by atoms with E-state index in [1.54, 1.807) is 31.3 Å². The molecule has 0 aliphatic rings. The molecule has 0 atom stereocenters. The SMILES string of the molecule is COC(=O)c1ccccc1N(C)C(=O)CNCC(=O)OCc1ccccc1. The monoisotopic (exact) mass is 370 g/mol. The average molecular weight is 370 g/mol. The lowest BCUT2D eigenvalue weighted by atomic mass is 10.1. The third kappa shape index (κ3) is 5.93. The predicted molar refractivity (Wildman–Crippen MR) is 100 cm³/mol. The molecule has 1 amide bonds. The summed E-state index contributed by atoms with van der Waals surface area (Å²) in [5.41, 5.74) is 1.61. The molecule has 7 nitrogen and oxygen atoms in total. The fourth-order valence-electron chi connectivity index (χ4n) is 2.36. The predicted octanol–water partition coefficient (Wildman–Crippen LogP) is 1.77. The summed E-state index contributed by atoms with van der Waals surface area (Å²) < 4.78 is 9.86. The summed E-state index contributed by atoms with van der Waals surface area (Å²) in [5, 5.41) is 2.75. The van der Waals surface area contributed by atoms with Gasteiger partial charge < -0.3 is 14.4 Å². The van der Waals surface area contributed by atoms with Crippen molar-refractivity contribution in [3.8, 4) is 0 Å². The Morgan fingerprint density at radius 1 is 0.963 bits per heavy atom. The minimum atomic E-state index is -0.525. The first-order chi connectivity index (χ1) is 13.0. The Labute approximate surface area is 157 Å². The van der Waals surface area contributed by atoms with E-state index in [1.807, 2.05) is 30.3 Å². The van der Waals surface area contributed by atoms with Crippen molar-refractivity contribution in [1.82, 2.24) is 5.32 Å². The van der Waals surface area contributed by atoms with Crippen LogP contribution in [0.3, 0.4) is 0 Å². The summed E-state index contributed by atoms with van der Waals surface area (Å²) in [7, 11) is 2.84. The Balaban J connectivity index is 1.82. The van der Waals surface area contributed by atoms with Gasteiger partial charge in [0.15, 0.2) is 0 Å². The van der Waals surface area contributed by atoms with Gasteiger partial charge in [-0.05, 0) is 17.7 Å². The second-order valence-electron chi connectivity index (χ2n) is 5.71. The number of benzene rings is 2. The van der Waals surface area contributed by atoms with E-state index < -0.39 is 11.9 Å². The fourth-order valence-corrected chi connectivity index (χ4v) is 2.36. The minimum Gasteiger partial charge on any atom is -0.465 e. The van der Waals surface area contributed by atoms with Gasteiger partial charge >= 0.3 is 11.9 Å². The first kappa shape index (κ1) is 20.1. The number of anilines is 1. The second kappa shape index (κ2) is 10.1. The molecule has 0 spiro atoms. The first-order valence-corrected chi connectivity index (χ1v) is 8.37. The van der Waals surface area contributed by atoms with Gasteiger partial charge in [0.25, 0.3) is 0 Å². The van der Waals surface area contributed by atoms with Crippen LogP contribution >= 0.6 is 0 Å². The molecule has 0 unspecified atom stereocenters. The van der Waals surface area contributed by atoms with Crippen LogP contribution in [0.4, 0.5) is 5.69 Å².